The summed E-state index contributed by atoms with van der Waals surface area (Å²) in [5.41, 5.74) is 1.22. The van der Waals surface area contributed by atoms with E-state index >= 15 is 0 Å². The lowest BCUT2D eigenvalue weighted by molar-refractivity contribution is 0.694. The molecule has 0 radical (unpaired) electrons. The highest BCUT2D eigenvalue weighted by atomic mass is 79.9. The molecule has 1 fully saturated rings. The molecule has 16 heavy (non-hydrogen) atoms. The van der Waals surface area contributed by atoms with Crippen molar-refractivity contribution >= 4 is 33.3 Å². The molecule has 86 valence electrons. The van der Waals surface area contributed by atoms with E-state index < -0.39 is 0 Å². The molecule has 0 unspecified atom stereocenters. The molecule has 0 aromatic heterocycles. The molecule has 1 aliphatic rings. The molecule has 0 aliphatic heterocycles. The predicted octanol–water partition coefficient (Wildman–Crippen LogP) is 3.14. The number of rotatable bonds is 3. The van der Waals surface area contributed by atoms with Crippen molar-refractivity contribution < 1.29 is 0 Å². The lowest BCUT2D eigenvalue weighted by atomic mass is 10.1. The maximum atomic E-state index is 5.25. The zero-order valence-electron chi connectivity index (χ0n) is 9.16. The number of benzene rings is 1. The molecule has 0 amide bonds. The van der Waals surface area contributed by atoms with Gasteiger partial charge >= 0.3 is 0 Å². The fourth-order valence-electron chi connectivity index (χ4n) is 1.56. The molecule has 1 aliphatic carbocycles. The third-order valence-electron chi connectivity index (χ3n) is 2.63. The van der Waals surface area contributed by atoms with E-state index in [4.69, 9.17) is 12.2 Å². The Morgan fingerprint density at radius 1 is 1.44 bits per heavy atom. The largest absolute Gasteiger partial charge is 0.360 e. The van der Waals surface area contributed by atoms with E-state index in [2.05, 4.69) is 39.6 Å². The minimum atomic E-state index is 0.217. The van der Waals surface area contributed by atoms with Crippen LogP contribution in [0.5, 0.6) is 0 Å². The van der Waals surface area contributed by atoms with Crippen LogP contribution >= 0.6 is 28.1 Å². The van der Waals surface area contributed by atoms with E-state index in [9.17, 15) is 0 Å². The van der Waals surface area contributed by atoms with Gasteiger partial charge in [-0.3, -0.25) is 0 Å². The van der Waals surface area contributed by atoms with E-state index in [0.717, 1.165) is 9.59 Å². The summed E-state index contributed by atoms with van der Waals surface area (Å²) in [5, 5.41) is 7.33. The van der Waals surface area contributed by atoms with Crippen LogP contribution in [0.2, 0.25) is 0 Å². The van der Waals surface area contributed by atoms with Gasteiger partial charge in [0.25, 0.3) is 0 Å². The molecular formula is C12H15BrN2S. The standard InChI is InChI=1S/C12H15BrN2S/c1-8(10-4-2-3-5-11(10)13)14-12(16)15-9-6-7-9/h2-5,8-9H,6-7H2,1H3,(H2,14,15,16)/t8-/m1/s1. The molecule has 0 spiro atoms. The molecule has 0 heterocycles. The smallest absolute Gasteiger partial charge is 0.166 e. The number of nitrogens with one attached hydrogen (secondary N) is 2. The van der Waals surface area contributed by atoms with E-state index in [0.29, 0.717) is 6.04 Å². The van der Waals surface area contributed by atoms with Crippen molar-refractivity contribution in [2.45, 2.75) is 31.8 Å². The number of hydrogen-bond donors (Lipinski definition) is 2. The summed E-state index contributed by atoms with van der Waals surface area (Å²) in [5.74, 6) is 0. The normalized spacial score (nSPS) is 16.6. The first-order valence-electron chi connectivity index (χ1n) is 5.48. The second kappa shape index (κ2) is 5.15. The van der Waals surface area contributed by atoms with Crippen molar-refractivity contribution in [3.8, 4) is 0 Å². The summed E-state index contributed by atoms with van der Waals surface area (Å²) in [7, 11) is 0. The van der Waals surface area contributed by atoms with Crippen molar-refractivity contribution in [3.05, 3.63) is 34.3 Å². The molecule has 0 bridgehead atoms. The number of thiocarbonyl (C=S) groups is 1. The van der Waals surface area contributed by atoms with Crippen molar-refractivity contribution in [1.82, 2.24) is 10.6 Å². The second-order valence-electron chi connectivity index (χ2n) is 4.14. The lowest BCUT2D eigenvalue weighted by Crippen LogP contribution is -2.38. The van der Waals surface area contributed by atoms with Gasteiger partial charge in [-0.25, -0.2) is 0 Å². The Morgan fingerprint density at radius 2 is 2.12 bits per heavy atom. The summed E-state index contributed by atoms with van der Waals surface area (Å²) >= 11 is 8.80. The minimum absolute atomic E-state index is 0.217. The van der Waals surface area contributed by atoms with E-state index in [-0.39, 0.29) is 6.04 Å². The maximum absolute atomic E-state index is 5.25. The molecule has 1 aromatic rings. The van der Waals surface area contributed by atoms with Gasteiger partial charge in [-0.1, -0.05) is 34.1 Å². The Hall–Kier alpha value is -0.610. The van der Waals surface area contributed by atoms with Crippen molar-refractivity contribution in [1.29, 1.82) is 0 Å². The van der Waals surface area contributed by atoms with E-state index in [1.807, 2.05) is 18.2 Å². The van der Waals surface area contributed by atoms with Gasteiger partial charge in [-0.15, -0.1) is 0 Å². The van der Waals surface area contributed by atoms with Gasteiger partial charge in [-0.2, -0.15) is 0 Å². The van der Waals surface area contributed by atoms with Crippen LogP contribution in [0.3, 0.4) is 0 Å². The zero-order chi connectivity index (χ0) is 11.5. The summed E-state index contributed by atoms with van der Waals surface area (Å²) in [6.45, 7) is 2.11. The van der Waals surface area contributed by atoms with Crippen LogP contribution in [-0.2, 0) is 0 Å². The maximum Gasteiger partial charge on any atom is 0.166 e. The molecule has 0 saturated heterocycles. The van der Waals surface area contributed by atoms with Crippen molar-refractivity contribution in [2.75, 3.05) is 0 Å². The Balaban J connectivity index is 1.93. The van der Waals surface area contributed by atoms with Gasteiger partial charge in [0.1, 0.15) is 0 Å². The van der Waals surface area contributed by atoms with Gasteiger partial charge < -0.3 is 10.6 Å². The highest BCUT2D eigenvalue weighted by Gasteiger charge is 2.22. The Kier molecular flexibility index (Phi) is 3.82. The number of halogens is 1. The first kappa shape index (κ1) is 11.9. The van der Waals surface area contributed by atoms with Gasteiger partial charge in [0.05, 0.1) is 6.04 Å². The minimum Gasteiger partial charge on any atom is -0.360 e. The monoisotopic (exact) mass is 298 g/mol. The van der Waals surface area contributed by atoms with Crippen LogP contribution in [0, 0.1) is 0 Å². The van der Waals surface area contributed by atoms with Crippen LogP contribution in [0.4, 0.5) is 0 Å². The van der Waals surface area contributed by atoms with Gasteiger partial charge in [0, 0.05) is 10.5 Å². The topological polar surface area (TPSA) is 24.1 Å². The second-order valence-corrected chi connectivity index (χ2v) is 5.40. The fraction of sp³-hybridized carbons (Fsp3) is 0.417. The Labute approximate surface area is 110 Å². The molecule has 2 rings (SSSR count). The van der Waals surface area contributed by atoms with Crippen LogP contribution in [0.25, 0.3) is 0 Å². The average Bonchev–Trinajstić information content (AvgIpc) is 3.01. The van der Waals surface area contributed by atoms with E-state index in [1.165, 1.54) is 18.4 Å². The SMILES string of the molecule is C[C@@H](NC(=S)NC1CC1)c1ccccc1Br. The molecule has 1 atom stereocenters. The summed E-state index contributed by atoms with van der Waals surface area (Å²) < 4.78 is 1.12. The van der Waals surface area contributed by atoms with Crippen LogP contribution in [0.1, 0.15) is 31.4 Å². The van der Waals surface area contributed by atoms with E-state index in [1.54, 1.807) is 0 Å². The van der Waals surface area contributed by atoms with Gasteiger partial charge in [0.2, 0.25) is 0 Å². The summed E-state index contributed by atoms with van der Waals surface area (Å²) in [6, 6.07) is 9.02. The predicted molar refractivity (Wildman–Crippen MR) is 74.4 cm³/mol. The quantitative estimate of drug-likeness (QED) is 0.839. The zero-order valence-corrected chi connectivity index (χ0v) is 11.6. The van der Waals surface area contributed by atoms with Crippen LogP contribution in [0.15, 0.2) is 28.7 Å². The Bertz CT molecular complexity index is 390. The van der Waals surface area contributed by atoms with Gasteiger partial charge in [-0.05, 0) is 43.6 Å². The Morgan fingerprint density at radius 3 is 2.75 bits per heavy atom. The molecule has 2 nitrogen and oxygen atoms in total. The van der Waals surface area contributed by atoms with Crippen molar-refractivity contribution in [3.63, 3.8) is 0 Å². The molecule has 1 saturated carbocycles. The molecule has 4 heteroatoms. The average molecular weight is 299 g/mol. The summed E-state index contributed by atoms with van der Waals surface area (Å²) in [4.78, 5) is 0. The third-order valence-corrected chi connectivity index (χ3v) is 3.59. The molecule has 2 N–H and O–H groups in total. The highest BCUT2D eigenvalue weighted by Crippen LogP contribution is 2.23. The lowest BCUT2D eigenvalue weighted by Gasteiger charge is -2.18. The third kappa shape index (κ3) is 3.19. The van der Waals surface area contributed by atoms with Crippen LogP contribution < -0.4 is 10.6 Å². The molecule has 1 aromatic carbocycles. The molecular weight excluding hydrogens is 284 g/mol. The fourth-order valence-corrected chi connectivity index (χ4v) is 2.53. The van der Waals surface area contributed by atoms with Crippen LogP contribution in [-0.4, -0.2) is 11.2 Å². The van der Waals surface area contributed by atoms with Gasteiger partial charge in [0.15, 0.2) is 5.11 Å². The number of hydrogen-bond acceptors (Lipinski definition) is 1. The summed E-state index contributed by atoms with van der Waals surface area (Å²) in [6.07, 6.45) is 2.48. The first-order chi connectivity index (χ1) is 7.66. The van der Waals surface area contributed by atoms with Crippen molar-refractivity contribution in [2.24, 2.45) is 0 Å². The first-order valence-corrected chi connectivity index (χ1v) is 6.68. The highest BCUT2D eigenvalue weighted by molar-refractivity contribution is 9.10.